The number of carbonyl (C=O) groups is 2. The molecule has 74 valence electrons. The van der Waals surface area contributed by atoms with E-state index in [1.165, 1.54) is 6.92 Å². The molecule has 1 saturated carbocycles. The van der Waals surface area contributed by atoms with Crippen molar-refractivity contribution in [2.75, 3.05) is 0 Å². The first-order valence-electron chi connectivity index (χ1n) is 4.39. The molecule has 0 aliphatic heterocycles. The highest BCUT2D eigenvalue weighted by atomic mass is 16.4. The van der Waals surface area contributed by atoms with Crippen molar-refractivity contribution in [1.82, 2.24) is 10.6 Å². The third-order valence-electron chi connectivity index (χ3n) is 2.16. The minimum absolute atomic E-state index is 0.237. The normalized spacial score (nSPS) is 18.5. The molecule has 13 heavy (non-hydrogen) atoms. The molecule has 3 N–H and O–H groups in total. The molecule has 2 amide bonds. The summed E-state index contributed by atoms with van der Waals surface area (Å²) in [5.41, 5.74) is 0. The maximum Gasteiger partial charge on any atom is 0.325 e. The summed E-state index contributed by atoms with van der Waals surface area (Å²) >= 11 is 0. The van der Waals surface area contributed by atoms with Gasteiger partial charge in [0, 0.05) is 6.04 Å². The van der Waals surface area contributed by atoms with Crippen molar-refractivity contribution in [2.45, 2.75) is 38.3 Å². The summed E-state index contributed by atoms with van der Waals surface area (Å²) in [4.78, 5) is 21.4. The second-order valence-corrected chi connectivity index (χ2v) is 3.31. The topological polar surface area (TPSA) is 78.4 Å². The second-order valence-electron chi connectivity index (χ2n) is 3.31. The minimum Gasteiger partial charge on any atom is -0.480 e. The Kier molecular flexibility index (Phi) is 3.11. The predicted molar refractivity (Wildman–Crippen MR) is 46.4 cm³/mol. The van der Waals surface area contributed by atoms with Crippen LogP contribution in [0, 0.1) is 0 Å². The van der Waals surface area contributed by atoms with Gasteiger partial charge in [-0.1, -0.05) is 0 Å². The van der Waals surface area contributed by atoms with E-state index in [1.54, 1.807) is 0 Å². The molecular formula is C8H14N2O3. The molecule has 1 fully saturated rings. The molecule has 5 heteroatoms. The van der Waals surface area contributed by atoms with Crippen molar-refractivity contribution in [2.24, 2.45) is 0 Å². The van der Waals surface area contributed by atoms with Gasteiger partial charge in [0.2, 0.25) is 0 Å². The average Bonchev–Trinajstić information content (AvgIpc) is 1.96. The van der Waals surface area contributed by atoms with Gasteiger partial charge in [-0.2, -0.15) is 0 Å². The Labute approximate surface area is 76.5 Å². The molecule has 0 unspecified atom stereocenters. The smallest absolute Gasteiger partial charge is 0.325 e. The van der Waals surface area contributed by atoms with Gasteiger partial charge in [-0.05, 0) is 26.2 Å². The molecule has 0 aromatic carbocycles. The number of aliphatic carboxylic acids is 1. The fourth-order valence-electron chi connectivity index (χ4n) is 1.04. The highest BCUT2D eigenvalue weighted by molar-refractivity contribution is 5.82. The molecule has 0 heterocycles. The van der Waals surface area contributed by atoms with Crippen LogP contribution in [0.25, 0.3) is 0 Å². The fourth-order valence-corrected chi connectivity index (χ4v) is 1.04. The van der Waals surface area contributed by atoms with Crippen molar-refractivity contribution in [3.63, 3.8) is 0 Å². The summed E-state index contributed by atoms with van der Waals surface area (Å²) in [6, 6.07) is -0.985. The van der Waals surface area contributed by atoms with Gasteiger partial charge in [0.1, 0.15) is 6.04 Å². The number of carboxylic acids is 1. The molecule has 0 bridgehead atoms. The van der Waals surface area contributed by atoms with Crippen molar-refractivity contribution < 1.29 is 14.7 Å². The van der Waals surface area contributed by atoms with Crippen LogP contribution < -0.4 is 10.6 Å². The monoisotopic (exact) mass is 186 g/mol. The Morgan fingerprint density at radius 1 is 1.46 bits per heavy atom. The zero-order valence-electron chi connectivity index (χ0n) is 7.54. The van der Waals surface area contributed by atoms with E-state index >= 15 is 0 Å². The van der Waals surface area contributed by atoms with Crippen LogP contribution in [0.5, 0.6) is 0 Å². The Morgan fingerprint density at radius 2 is 2.08 bits per heavy atom. The lowest BCUT2D eigenvalue weighted by Crippen LogP contribution is -2.49. The van der Waals surface area contributed by atoms with Gasteiger partial charge in [0.05, 0.1) is 0 Å². The fraction of sp³-hybridized carbons (Fsp3) is 0.750. The molecule has 1 rings (SSSR count). The Hall–Kier alpha value is -1.26. The van der Waals surface area contributed by atoms with Crippen molar-refractivity contribution in [1.29, 1.82) is 0 Å². The van der Waals surface area contributed by atoms with E-state index in [2.05, 4.69) is 10.6 Å². The van der Waals surface area contributed by atoms with Crippen LogP contribution in [0.2, 0.25) is 0 Å². The largest absolute Gasteiger partial charge is 0.480 e. The summed E-state index contributed by atoms with van der Waals surface area (Å²) in [5, 5.41) is 13.5. The van der Waals surface area contributed by atoms with Crippen LogP contribution in [-0.4, -0.2) is 29.2 Å². The molecule has 5 nitrogen and oxygen atoms in total. The first-order chi connectivity index (χ1) is 6.09. The number of carbonyl (C=O) groups excluding carboxylic acids is 1. The van der Waals surface area contributed by atoms with Crippen LogP contribution in [0.4, 0.5) is 4.79 Å². The van der Waals surface area contributed by atoms with Crippen LogP contribution >= 0.6 is 0 Å². The van der Waals surface area contributed by atoms with Crippen LogP contribution in [0.1, 0.15) is 26.2 Å². The Balaban J connectivity index is 2.19. The quantitative estimate of drug-likeness (QED) is 0.593. The number of hydrogen-bond acceptors (Lipinski definition) is 2. The molecule has 1 aliphatic rings. The number of nitrogens with one attached hydrogen (secondary N) is 2. The van der Waals surface area contributed by atoms with Gasteiger partial charge in [0.25, 0.3) is 0 Å². The first kappa shape index (κ1) is 9.83. The second kappa shape index (κ2) is 4.11. The lowest BCUT2D eigenvalue weighted by Gasteiger charge is -2.26. The molecule has 0 aromatic rings. The SMILES string of the molecule is C[C@@H](NC(=O)NC1CCC1)C(=O)O. The highest BCUT2D eigenvalue weighted by Gasteiger charge is 2.21. The molecule has 1 aliphatic carbocycles. The number of carboxylic acid groups (broad SMARTS) is 1. The van der Waals surface area contributed by atoms with Gasteiger partial charge in [-0.15, -0.1) is 0 Å². The van der Waals surface area contributed by atoms with Gasteiger partial charge >= 0.3 is 12.0 Å². The van der Waals surface area contributed by atoms with E-state index in [0.29, 0.717) is 0 Å². The lowest BCUT2D eigenvalue weighted by molar-refractivity contribution is -0.138. The average molecular weight is 186 g/mol. The number of urea groups is 1. The Bertz CT molecular complexity index is 213. The predicted octanol–water partition coefficient (Wildman–Crippen LogP) is 0.311. The third kappa shape index (κ3) is 2.93. The zero-order valence-corrected chi connectivity index (χ0v) is 7.54. The van der Waals surface area contributed by atoms with Crippen LogP contribution in [-0.2, 0) is 4.79 Å². The minimum atomic E-state index is -1.02. The van der Waals surface area contributed by atoms with Gasteiger partial charge in [0.15, 0.2) is 0 Å². The van der Waals surface area contributed by atoms with E-state index in [4.69, 9.17) is 5.11 Å². The van der Waals surface area contributed by atoms with E-state index < -0.39 is 12.0 Å². The van der Waals surface area contributed by atoms with E-state index in [-0.39, 0.29) is 12.1 Å². The summed E-state index contributed by atoms with van der Waals surface area (Å²) in [5.74, 6) is -1.02. The lowest BCUT2D eigenvalue weighted by atomic mass is 9.93. The molecule has 0 saturated heterocycles. The maximum absolute atomic E-state index is 11.1. The maximum atomic E-state index is 11.1. The molecule has 0 aromatic heterocycles. The van der Waals surface area contributed by atoms with Gasteiger partial charge in [-0.3, -0.25) is 4.79 Å². The van der Waals surface area contributed by atoms with Crippen molar-refractivity contribution >= 4 is 12.0 Å². The third-order valence-corrected chi connectivity index (χ3v) is 2.16. The Morgan fingerprint density at radius 3 is 2.46 bits per heavy atom. The van der Waals surface area contributed by atoms with E-state index in [1.807, 2.05) is 0 Å². The van der Waals surface area contributed by atoms with Gasteiger partial charge < -0.3 is 15.7 Å². The molecule has 1 atom stereocenters. The number of hydrogen-bond donors (Lipinski definition) is 3. The van der Waals surface area contributed by atoms with Crippen LogP contribution in [0.3, 0.4) is 0 Å². The van der Waals surface area contributed by atoms with Gasteiger partial charge in [-0.25, -0.2) is 4.79 Å². The van der Waals surface area contributed by atoms with Crippen molar-refractivity contribution in [3.8, 4) is 0 Å². The van der Waals surface area contributed by atoms with E-state index in [0.717, 1.165) is 19.3 Å². The molecular weight excluding hydrogens is 172 g/mol. The summed E-state index contributed by atoms with van der Waals surface area (Å²) < 4.78 is 0. The summed E-state index contributed by atoms with van der Waals surface area (Å²) in [6.07, 6.45) is 3.13. The number of amides is 2. The van der Waals surface area contributed by atoms with Crippen LogP contribution in [0.15, 0.2) is 0 Å². The van der Waals surface area contributed by atoms with E-state index in [9.17, 15) is 9.59 Å². The highest BCUT2D eigenvalue weighted by Crippen LogP contribution is 2.17. The van der Waals surface area contributed by atoms with Crippen molar-refractivity contribution in [3.05, 3.63) is 0 Å². The number of rotatable bonds is 3. The first-order valence-corrected chi connectivity index (χ1v) is 4.39. The summed E-state index contributed by atoms with van der Waals surface area (Å²) in [6.45, 7) is 1.43. The summed E-state index contributed by atoms with van der Waals surface area (Å²) in [7, 11) is 0. The zero-order chi connectivity index (χ0) is 9.84. The molecule has 0 radical (unpaired) electrons. The molecule has 0 spiro atoms. The standard InChI is InChI=1S/C8H14N2O3/c1-5(7(11)12)9-8(13)10-6-3-2-4-6/h5-6H,2-4H2,1H3,(H,11,12)(H2,9,10,13)/t5-/m1/s1.